The number of aliphatic imine (C=N–C) groups is 1. The van der Waals surface area contributed by atoms with Gasteiger partial charge in [-0.2, -0.15) is 0 Å². The fourth-order valence-corrected chi connectivity index (χ4v) is 4.76. The molecule has 1 aromatic carbocycles. The van der Waals surface area contributed by atoms with Crippen molar-refractivity contribution < 1.29 is 0 Å². The largest absolute Gasteiger partial charge is 0.357 e. The number of imidazole rings is 1. The molecule has 1 N–H and O–H groups in total. The van der Waals surface area contributed by atoms with Gasteiger partial charge in [0.05, 0.1) is 6.54 Å². The van der Waals surface area contributed by atoms with Crippen LogP contribution in [0, 0.1) is 18.8 Å². The molecule has 0 amide bonds. The normalized spacial score (nSPS) is 21.6. The molecule has 0 radical (unpaired) electrons. The lowest BCUT2D eigenvalue weighted by molar-refractivity contribution is 0.299. The highest BCUT2D eigenvalue weighted by atomic mass is 127. The minimum atomic E-state index is 0. The smallest absolute Gasteiger partial charge is 0.194 e. The van der Waals surface area contributed by atoms with E-state index in [0.717, 1.165) is 43.3 Å². The molecule has 1 saturated carbocycles. The molecular weight excluding hydrogens is 473 g/mol. The van der Waals surface area contributed by atoms with Crippen LogP contribution in [0.5, 0.6) is 0 Å². The number of likely N-dealkylation sites (tertiary alicyclic amines) is 1. The zero-order valence-electron chi connectivity index (χ0n) is 17.7. The van der Waals surface area contributed by atoms with Gasteiger partial charge in [-0.3, -0.25) is 0 Å². The zero-order valence-corrected chi connectivity index (χ0v) is 20.0. The second-order valence-electron chi connectivity index (χ2n) is 8.30. The van der Waals surface area contributed by atoms with Crippen LogP contribution in [0.2, 0.25) is 0 Å². The molecule has 1 saturated heterocycles. The van der Waals surface area contributed by atoms with Crippen molar-refractivity contribution in [1.29, 1.82) is 0 Å². The van der Waals surface area contributed by atoms with Gasteiger partial charge in [-0.05, 0) is 49.7 Å². The van der Waals surface area contributed by atoms with Crippen molar-refractivity contribution in [3.63, 3.8) is 0 Å². The van der Waals surface area contributed by atoms with Crippen LogP contribution >= 0.6 is 24.0 Å². The maximum Gasteiger partial charge on any atom is 0.194 e. The van der Waals surface area contributed by atoms with Gasteiger partial charge >= 0.3 is 0 Å². The Labute approximate surface area is 192 Å². The highest BCUT2D eigenvalue weighted by Crippen LogP contribution is 2.36. The van der Waals surface area contributed by atoms with E-state index < -0.39 is 0 Å². The molecule has 6 heteroatoms. The van der Waals surface area contributed by atoms with Crippen molar-refractivity contribution in [2.75, 3.05) is 19.6 Å². The summed E-state index contributed by atoms with van der Waals surface area (Å²) < 4.78 is 2.18. The standard InChI is InChI=1S/C23H33N5.HI/c1-3-24-23(28-16-21-9-4-5-10-22(21)17-28)26-14-19-7-6-8-20(13-19)15-27-12-11-25-18(27)2;/h6-8,11-13,21-22H,3-5,9-10,14-17H2,1-2H3,(H,24,26);1H. The number of fused-ring (bicyclic) bond motifs is 1. The average Bonchev–Trinajstić information content (AvgIpc) is 3.31. The van der Waals surface area contributed by atoms with Gasteiger partial charge in [0.1, 0.15) is 5.82 Å². The van der Waals surface area contributed by atoms with E-state index in [1.807, 2.05) is 19.3 Å². The molecule has 158 valence electrons. The van der Waals surface area contributed by atoms with Crippen LogP contribution in [0.4, 0.5) is 0 Å². The number of aromatic nitrogens is 2. The number of aryl methyl sites for hydroxylation is 1. The Morgan fingerprint density at radius 3 is 2.55 bits per heavy atom. The Hall–Kier alpha value is -1.57. The molecule has 4 rings (SSSR count). The second-order valence-corrected chi connectivity index (χ2v) is 8.30. The molecule has 2 unspecified atom stereocenters. The summed E-state index contributed by atoms with van der Waals surface area (Å²) in [4.78, 5) is 11.8. The lowest BCUT2D eigenvalue weighted by atomic mass is 9.82. The number of halogens is 1. The first-order chi connectivity index (χ1) is 13.7. The van der Waals surface area contributed by atoms with Gasteiger partial charge < -0.3 is 14.8 Å². The lowest BCUT2D eigenvalue weighted by Gasteiger charge is -2.22. The topological polar surface area (TPSA) is 45.5 Å². The number of benzene rings is 1. The van der Waals surface area contributed by atoms with E-state index in [4.69, 9.17) is 4.99 Å². The van der Waals surface area contributed by atoms with Gasteiger partial charge in [-0.1, -0.05) is 37.1 Å². The minimum absolute atomic E-state index is 0. The maximum absolute atomic E-state index is 4.99. The van der Waals surface area contributed by atoms with Crippen molar-refractivity contribution in [3.05, 3.63) is 53.6 Å². The van der Waals surface area contributed by atoms with Crippen molar-refractivity contribution in [2.45, 2.75) is 52.6 Å². The van der Waals surface area contributed by atoms with E-state index in [2.05, 4.69) is 51.0 Å². The average molecular weight is 507 g/mol. The Bertz CT molecular complexity index is 801. The molecule has 2 aliphatic rings. The number of hydrogen-bond acceptors (Lipinski definition) is 2. The van der Waals surface area contributed by atoms with Crippen molar-refractivity contribution in [3.8, 4) is 0 Å². The molecule has 2 fully saturated rings. The molecule has 0 bridgehead atoms. The molecule has 5 nitrogen and oxygen atoms in total. The van der Waals surface area contributed by atoms with Gasteiger partial charge in [-0.15, -0.1) is 24.0 Å². The molecule has 2 atom stereocenters. The summed E-state index contributed by atoms with van der Waals surface area (Å²) >= 11 is 0. The van der Waals surface area contributed by atoms with E-state index in [0.29, 0.717) is 0 Å². The van der Waals surface area contributed by atoms with Gasteiger partial charge in [0.25, 0.3) is 0 Å². The summed E-state index contributed by atoms with van der Waals surface area (Å²) in [6.45, 7) is 9.07. The molecular formula is C23H34IN5. The van der Waals surface area contributed by atoms with Gasteiger partial charge in [-0.25, -0.2) is 9.98 Å². The van der Waals surface area contributed by atoms with Gasteiger partial charge in [0, 0.05) is 38.6 Å². The number of rotatable bonds is 5. The predicted octanol–water partition coefficient (Wildman–Crippen LogP) is 4.45. The van der Waals surface area contributed by atoms with Crippen LogP contribution < -0.4 is 5.32 Å². The lowest BCUT2D eigenvalue weighted by Crippen LogP contribution is -2.40. The number of nitrogens with one attached hydrogen (secondary N) is 1. The molecule has 2 aromatic rings. The molecule has 1 aliphatic heterocycles. The molecule has 1 aliphatic carbocycles. The number of hydrogen-bond donors (Lipinski definition) is 1. The predicted molar refractivity (Wildman–Crippen MR) is 130 cm³/mol. The molecule has 1 aromatic heterocycles. The first-order valence-corrected chi connectivity index (χ1v) is 10.8. The number of guanidine groups is 1. The molecule has 29 heavy (non-hydrogen) atoms. The summed E-state index contributed by atoms with van der Waals surface area (Å²) in [5.41, 5.74) is 2.56. The van der Waals surface area contributed by atoms with Gasteiger partial charge in [0.2, 0.25) is 0 Å². The van der Waals surface area contributed by atoms with Crippen LogP contribution in [0.15, 0.2) is 41.7 Å². The summed E-state index contributed by atoms with van der Waals surface area (Å²) in [7, 11) is 0. The molecule has 0 spiro atoms. The van der Waals surface area contributed by atoms with Gasteiger partial charge in [0.15, 0.2) is 5.96 Å². The highest BCUT2D eigenvalue weighted by molar-refractivity contribution is 14.0. The summed E-state index contributed by atoms with van der Waals surface area (Å²) in [5.74, 6) is 3.89. The second kappa shape index (κ2) is 10.5. The van der Waals surface area contributed by atoms with Crippen molar-refractivity contribution in [2.24, 2.45) is 16.8 Å². The number of nitrogens with zero attached hydrogens (tertiary/aromatic N) is 4. The third-order valence-electron chi connectivity index (χ3n) is 6.29. The van der Waals surface area contributed by atoms with E-state index >= 15 is 0 Å². The van der Waals surface area contributed by atoms with E-state index in [-0.39, 0.29) is 24.0 Å². The van der Waals surface area contributed by atoms with Crippen LogP contribution in [-0.2, 0) is 13.1 Å². The molecule has 2 heterocycles. The fraction of sp³-hybridized carbons (Fsp3) is 0.565. The summed E-state index contributed by atoms with van der Waals surface area (Å²) in [6.07, 6.45) is 9.51. The third kappa shape index (κ3) is 5.53. The monoisotopic (exact) mass is 507 g/mol. The van der Waals surface area contributed by atoms with Crippen LogP contribution in [0.3, 0.4) is 0 Å². The fourth-order valence-electron chi connectivity index (χ4n) is 4.76. The SMILES string of the molecule is CCNC(=NCc1cccc(Cn2ccnc2C)c1)N1CC2CCCCC2C1.I. The van der Waals surface area contributed by atoms with E-state index in [1.165, 1.54) is 49.9 Å². The highest BCUT2D eigenvalue weighted by Gasteiger charge is 2.35. The maximum atomic E-state index is 4.99. The van der Waals surface area contributed by atoms with Crippen LogP contribution in [-0.4, -0.2) is 40.0 Å². The van der Waals surface area contributed by atoms with Crippen LogP contribution in [0.25, 0.3) is 0 Å². The third-order valence-corrected chi connectivity index (χ3v) is 6.29. The first-order valence-electron chi connectivity index (χ1n) is 10.8. The quantitative estimate of drug-likeness (QED) is 0.370. The summed E-state index contributed by atoms with van der Waals surface area (Å²) in [5, 5.41) is 3.53. The van der Waals surface area contributed by atoms with Crippen molar-refractivity contribution in [1.82, 2.24) is 19.8 Å². The Morgan fingerprint density at radius 1 is 1.17 bits per heavy atom. The van der Waals surface area contributed by atoms with Crippen molar-refractivity contribution >= 4 is 29.9 Å². The van der Waals surface area contributed by atoms with E-state index in [9.17, 15) is 0 Å². The van der Waals surface area contributed by atoms with Crippen LogP contribution in [0.1, 0.15) is 49.6 Å². The first kappa shape index (κ1) is 22.1. The Morgan fingerprint density at radius 2 is 1.90 bits per heavy atom. The minimum Gasteiger partial charge on any atom is -0.357 e. The Balaban J connectivity index is 0.00000240. The summed E-state index contributed by atoms with van der Waals surface area (Å²) in [6, 6.07) is 8.78. The zero-order chi connectivity index (χ0) is 19.3. The Kier molecular flexibility index (Phi) is 7.98. The van der Waals surface area contributed by atoms with E-state index in [1.54, 1.807) is 0 Å².